The van der Waals surface area contributed by atoms with E-state index in [2.05, 4.69) is 15.6 Å². The van der Waals surface area contributed by atoms with E-state index >= 15 is 0 Å². The van der Waals surface area contributed by atoms with E-state index in [0.29, 0.717) is 16.1 Å². The summed E-state index contributed by atoms with van der Waals surface area (Å²) < 4.78 is 0. The Morgan fingerprint density at radius 1 is 1.62 bits per heavy atom. The summed E-state index contributed by atoms with van der Waals surface area (Å²) in [6, 6.07) is 0.485. The first kappa shape index (κ1) is 11.2. The Kier molecular flexibility index (Phi) is 3.25. The van der Waals surface area contributed by atoms with Crippen molar-refractivity contribution in [1.29, 1.82) is 0 Å². The van der Waals surface area contributed by atoms with Gasteiger partial charge in [-0.25, -0.2) is 4.98 Å². The van der Waals surface area contributed by atoms with E-state index in [9.17, 15) is 4.79 Å². The molecule has 0 spiro atoms. The molecule has 1 amide bonds. The average molecular weight is 242 g/mol. The first-order chi connectivity index (χ1) is 7.70. The first-order valence-corrected chi connectivity index (χ1v) is 5.94. The Morgan fingerprint density at radius 3 is 3.00 bits per heavy atom. The zero-order valence-corrected chi connectivity index (χ0v) is 9.51. The lowest BCUT2D eigenvalue weighted by molar-refractivity contribution is 0.0949. The van der Waals surface area contributed by atoms with Gasteiger partial charge in [0.2, 0.25) is 0 Å². The van der Waals surface area contributed by atoms with Crippen LogP contribution in [-0.2, 0) is 0 Å². The molecule has 6 nitrogen and oxygen atoms in total. The van der Waals surface area contributed by atoms with Crippen molar-refractivity contribution in [3.63, 3.8) is 0 Å². The number of nitrogens with two attached hydrogens (primary N) is 1. The number of rotatable bonds is 5. The van der Waals surface area contributed by atoms with Crippen molar-refractivity contribution in [2.45, 2.75) is 18.9 Å². The van der Waals surface area contributed by atoms with Crippen LogP contribution < -0.4 is 16.4 Å². The highest BCUT2D eigenvalue weighted by Gasteiger charge is 2.24. The van der Waals surface area contributed by atoms with E-state index in [1.807, 2.05) is 0 Å². The van der Waals surface area contributed by atoms with E-state index in [1.165, 1.54) is 11.3 Å². The molecule has 1 fully saturated rings. The number of thiazole rings is 1. The molecule has 2 rings (SSSR count). The number of nitrogens with one attached hydrogen (secondary N) is 2. The van der Waals surface area contributed by atoms with Crippen LogP contribution >= 0.6 is 11.3 Å². The van der Waals surface area contributed by atoms with Gasteiger partial charge in [0, 0.05) is 12.6 Å². The van der Waals surface area contributed by atoms with Crippen molar-refractivity contribution in [3.8, 4) is 0 Å². The highest BCUT2D eigenvalue weighted by Crippen LogP contribution is 2.30. The lowest BCUT2D eigenvalue weighted by atomic mass is 10.4. The van der Waals surface area contributed by atoms with Crippen molar-refractivity contribution in [2.75, 3.05) is 24.2 Å². The van der Waals surface area contributed by atoms with Crippen molar-refractivity contribution in [3.05, 3.63) is 4.88 Å². The van der Waals surface area contributed by atoms with Gasteiger partial charge in [0.25, 0.3) is 5.91 Å². The van der Waals surface area contributed by atoms with E-state index in [4.69, 9.17) is 10.8 Å². The quantitative estimate of drug-likeness (QED) is 0.583. The zero-order chi connectivity index (χ0) is 11.5. The Labute approximate surface area is 96.9 Å². The minimum absolute atomic E-state index is 0.0857. The van der Waals surface area contributed by atoms with Crippen LogP contribution in [0.15, 0.2) is 0 Å². The van der Waals surface area contributed by atoms with Crippen molar-refractivity contribution in [2.24, 2.45) is 0 Å². The number of amides is 1. The summed E-state index contributed by atoms with van der Waals surface area (Å²) in [6.45, 7) is 0.138. The van der Waals surface area contributed by atoms with Gasteiger partial charge in [-0.05, 0) is 12.8 Å². The zero-order valence-electron chi connectivity index (χ0n) is 8.69. The highest BCUT2D eigenvalue weighted by molar-refractivity contribution is 7.18. The molecule has 16 heavy (non-hydrogen) atoms. The van der Waals surface area contributed by atoms with Gasteiger partial charge in [0.15, 0.2) is 5.13 Å². The van der Waals surface area contributed by atoms with Crippen LogP contribution in [0.4, 0.5) is 10.9 Å². The summed E-state index contributed by atoms with van der Waals surface area (Å²) in [5, 5.41) is 15.0. The predicted octanol–water partition coefficient (Wildman–Crippen LogP) is 0.0217. The van der Waals surface area contributed by atoms with Crippen LogP contribution in [-0.4, -0.2) is 35.2 Å². The lowest BCUT2D eigenvalue weighted by Crippen LogP contribution is -2.26. The SMILES string of the molecule is Nc1nc(NC2CC2)sc1C(=O)NCCO. The van der Waals surface area contributed by atoms with Crippen molar-refractivity contribution < 1.29 is 9.90 Å². The maximum Gasteiger partial charge on any atom is 0.265 e. The smallest absolute Gasteiger partial charge is 0.265 e. The second kappa shape index (κ2) is 4.67. The first-order valence-electron chi connectivity index (χ1n) is 5.12. The largest absolute Gasteiger partial charge is 0.395 e. The number of aliphatic hydroxyl groups excluding tert-OH is 1. The van der Waals surface area contributed by atoms with Crippen LogP contribution in [0.2, 0.25) is 0 Å². The number of hydrogen-bond acceptors (Lipinski definition) is 6. The van der Waals surface area contributed by atoms with Gasteiger partial charge in [-0.1, -0.05) is 11.3 Å². The summed E-state index contributed by atoms with van der Waals surface area (Å²) in [6.07, 6.45) is 2.29. The topological polar surface area (TPSA) is 100 Å². The van der Waals surface area contributed by atoms with Gasteiger partial charge in [-0.3, -0.25) is 4.79 Å². The predicted molar refractivity (Wildman–Crippen MR) is 62.6 cm³/mol. The molecule has 7 heteroatoms. The summed E-state index contributed by atoms with van der Waals surface area (Å²) >= 11 is 1.25. The molecule has 0 unspecified atom stereocenters. The fraction of sp³-hybridized carbons (Fsp3) is 0.556. The lowest BCUT2D eigenvalue weighted by Gasteiger charge is -1.99. The van der Waals surface area contributed by atoms with Crippen LogP contribution in [0.25, 0.3) is 0 Å². The molecule has 0 bridgehead atoms. The van der Waals surface area contributed by atoms with Gasteiger partial charge in [-0.15, -0.1) is 0 Å². The Bertz CT molecular complexity index is 389. The van der Waals surface area contributed by atoms with Crippen molar-refractivity contribution >= 4 is 28.2 Å². The number of nitrogens with zero attached hydrogens (tertiary/aromatic N) is 1. The fourth-order valence-electron chi connectivity index (χ4n) is 1.21. The van der Waals surface area contributed by atoms with Crippen LogP contribution in [0.1, 0.15) is 22.5 Å². The molecule has 88 valence electrons. The minimum atomic E-state index is -0.284. The van der Waals surface area contributed by atoms with Gasteiger partial charge in [0.05, 0.1) is 6.61 Å². The number of hydrogen-bond donors (Lipinski definition) is 4. The second-order valence-electron chi connectivity index (χ2n) is 3.63. The molecule has 1 saturated carbocycles. The van der Waals surface area contributed by atoms with E-state index in [1.54, 1.807) is 0 Å². The van der Waals surface area contributed by atoms with Gasteiger partial charge in [-0.2, -0.15) is 0 Å². The third-order valence-corrected chi connectivity index (χ3v) is 3.16. The standard InChI is InChI=1S/C9H14N4O2S/c10-7-6(8(15)11-3-4-14)16-9(13-7)12-5-1-2-5/h5,14H,1-4,10H2,(H,11,15)(H,12,13). The van der Waals surface area contributed by atoms with Gasteiger partial charge >= 0.3 is 0 Å². The summed E-state index contributed by atoms with van der Waals surface area (Å²) in [4.78, 5) is 16.1. The third kappa shape index (κ3) is 2.61. The summed E-state index contributed by atoms with van der Waals surface area (Å²) in [7, 11) is 0. The number of nitrogen functional groups attached to an aromatic ring is 1. The second-order valence-corrected chi connectivity index (χ2v) is 4.63. The van der Waals surface area contributed by atoms with E-state index in [-0.39, 0.29) is 24.9 Å². The molecule has 5 N–H and O–H groups in total. The van der Waals surface area contributed by atoms with E-state index in [0.717, 1.165) is 12.8 Å². The molecule has 1 aromatic rings. The molecular formula is C9H14N4O2S. The van der Waals surface area contributed by atoms with Crippen molar-refractivity contribution in [1.82, 2.24) is 10.3 Å². The van der Waals surface area contributed by atoms with Gasteiger partial charge < -0.3 is 21.5 Å². The molecule has 0 aromatic carbocycles. The number of carbonyl (C=O) groups is 1. The Morgan fingerprint density at radius 2 is 2.38 bits per heavy atom. The van der Waals surface area contributed by atoms with Crippen LogP contribution in [0.3, 0.4) is 0 Å². The summed E-state index contributed by atoms with van der Waals surface area (Å²) in [5.41, 5.74) is 5.65. The van der Waals surface area contributed by atoms with Crippen LogP contribution in [0.5, 0.6) is 0 Å². The highest BCUT2D eigenvalue weighted by atomic mass is 32.1. The normalized spacial score (nSPS) is 14.8. The monoisotopic (exact) mass is 242 g/mol. The van der Waals surface area contributed by atoms with E-state index < -0.39 is 0 Å². The van der Waals surface area contributed by atoms with Crippen LogP contribution in [0, 0.1) is 0 Å². The fourth-order valence-corrected chi connectivity index (χ4v) is 2.09. The maximum atomic E-state index is 11.6. The molecule has 0 radical (unpaired) electrons. The number of carbonyl (C=O) groups excluding carboxylic acids is 1. The summed E-state index contributed by atoms with van der Waals surface area (Å²) in [5.74, 6) is -0.0449. The minimum Gasteiger partial charge on any atom is -0.395 e. The molecule has 1 heterocycles. The average Bonchev–Trinajstić information content (AvgIpc) is 2.98. The molecule has 1 aliphatic rings. The number of aliphatic hydroxyl groups is 1. The molecule has 1 aliphatic carbocycles. The molecule has 0 saturated heterocycles. The number of anilines is 2. The Balaban J connectivity index is 2.01. The molecule has 0 aliphatic heterocycles. The van der Waals surface area contributed by atoms with Gasteiger partial charge in [0.1, 0.15) is 10.7 Å². The maximum absolute atomic E-state index is 11.6. The molecule has 0 atom stereocenters. The third-order valence-electron chi connectivity index (χ3n) is 2.16. The Hall–Kier alpha value is -1.34. The molecule has 1 aromatic heterocycles. The molecular weight excluding hydrogens is 228 g/mol. The number of aromatic nitrogens is 1.